The SMILES string of the molecule is Cc1ccc(-c2noc([C@@H]3CCCN(S(C)(=O)=O)C3)n2)cc1. The quantitative estimate of drug-likeness (QED) is 0.866. The Morgan fingerprint density at radius 3 is 2.68 bits per heavy atom. The zero-order valence-corrected chi connectivity index (χ0v) is 13.5. The number of hydrogen-bond donors (Lipinski definition) is 0. The van der Waals surface area contributed by atoms with Crippen molar-refractivity contribution >= 4 is 10.0 Å². The van der Waals surface area contributed by atoms with Gasteiger partial charge in [0, 0.05) is 18.7 Å². The second-order valence-electron chi connectivity index (χ2n) is 5.78. The first-order valence-electron chi connectivity index (χ1n) is 7.29. The molecular weight excluding hydrogens is 302 g/mol. The third-order valence-corrected chi connectivity index (χ3v) is 5.22. The fourth-order valence-electron chi connectivity index (χ4n) is 2.67. The van der Waals surface area contributed by atoms with Gasteiger partial charge < -0.3 is 4.52 Å². The Morgan fingerprint density at radius 1 is 1.27 bits per heavy atom. The molecule has 0 saturated carbocycles. The molecule has 1 aromatic heterocycles. The standard InChI is InChI=1S/C15H19N3O3S/c1-11-5-7-12(8-6-11)14-16-15(21-17-14)13-4-3-9-18(10-13)22(2,19)20/h5-8,13H,3-4,9-10H2,1-2H3/t13-/m1/s1. The topological polar surface area (TPSA) is 76.3 Å². The maximum Gasteiger partial charge on any atom is 0.231 e. The Bertz CT molecular complexity index is 753. The lowest BCUT2D eigenvalue weighted by molar-refractivity contribution is 0.266. The smallest absolute Gasteiger partial charge is 0.231 e. The molecule has 1 fully saturated rings. The summed E-state index contributed by atoms with van der Waals surface area (Å²) in [5.41, 5.74) is 2.07. The maximum absolute atomic E-state index is 11.7. The molecule has 0 amide bonds. The summed E-state index contributed by atoms with van der Waals surface area (Å²) in [5.74, 6) is 1.03. The second kappa shape index (κ2) is 5.81. The van der Waals surface area contributed by atoms with Gasteiger partial charge in [-0.2, -0.15) is 4.98 Å². The van der Waals surface area contributed by atoms with E-state index in [1.807, 2.05) is 31.2 Å². The predicted octanol–water partition coefficient (Wildman–Crippen LogP) is 2.18. The molecule has 0 radical (unpaired) electrons. The zero-order valence-electron chi connectivity index (χ0n) is 12.7. The summed E-state index contributed by atoms with van der Waals surface area (Å²) in [7, 11) is -3.17. The third-order valence-electron chi connectivity index (χ3n) is 3.95. The summed E-state index contributed by atoms with van der Waals surface area (Å²) >= 11 is 0. The summed E-state index contributed by atoms with van der Waals surface area (Å²) < 4.78 is 30.2. The van der Waals surface area contributed by atoms with Crippen molar-refractivity contribution in [1.29, 1.82) is 0 Å². The van der Waals surface area contributed by atoms with E-state index in [0.717, 1.165) is 18.4 Å². The lowest BCUT2D eigenvalue weighted by Gasteiger charge is -2.28. The molecule has 1 aliphatic rings. The van der Waals surface area contributed by atoms with Crippen molar-refractivity contribution in [2.75, 3.05) is 19.3 Å². The van der Waals surface area contributed by atoms with Crippen LogP contribution in [0.2, 0.25) is 0 Å². The Kier molecular flexibility index (Phi) is 4.01. The molecule has 2 aromatic rings. The summed E-state index contributed by atoms with van der Waals surface area (Å²) in [6.45, 7) is 3.00. The van der Waals surface area contributed by atoms with Crippen LogP contribution in [0.25, 0.3) is 11.4 Å². The first-order valence-corrected chi connectivity index (χ1v) is 9.14. The van der Waals surface area contributed by atoms with Crippen molar-refractivity contribution in [2.45, 2.75) is 25.7 Å². The highest BCUT2D eigenvalue weighted by Gasteiger charge is 2.30. The number of aryl methyl sites for hydroxylation is 1. The van der Waals surface area contributed by atoms with Crippen molar-refractivity contribution in [3.8, 4) is 11.4 Å². The van der Waals surface area contributed by atoms with Gasteiger partial charge in [-0.05, 0) is 19.8 Å². The average molecular weight is 321 g/mol. The molecule has 1 saturated heterocycles. The van der Waals surface area contributed by atoms with E-state index in [1.54, 1.807) is 0 Å². The monoisotopic (exact) mass is 321 g/mol. The van der Waals surface area contributed by atoms with Crippen molar-refractivity contribution < 1.29 is 12.9 Å². The van der Waals surface area contributed by atoms with Gasteiger partial charge in [-0.25, -0.2) is 12.7 Å². The van der Waals surface area contributed by atoms with E-state index in [9.17, 15) is 8.42 Å². The van der Waals surface area contributed by atoms with Gasteiger partial charge in [0.05, 0.1) is 12.2 Å². The molecule has 0 spiro atoms. The minimum Gasteiger partial charge on any atom is -0.339 e. The minimum absolute atomic E-state index is 0.0322. The average Bonchev–Trinajstić information content (AvgIpc) is 2.97. The first kappa shape index (κ1) is 15.2. The molecule has 1 aliphatic heterocycles. The molecule has 0 N–H and O–H groups in total. The summed E-state index contributed by atoms with van der Waals surface area (Å²) in [6.07, 6.45) is 2.91. The van der Waals surface area contributed by atoms with Gasteiger partial charge >= 0.3 is 0 Å². The third kappa shape index (κ3) is 3.20. The van der Waals surface area contributed by atoms with Gasteiger partial charge in [0.25, 0.3) is 0 Å². The van der Waals surface area contributed by atoms with E-state index in [0.29, 0.717) is 24.8 Å². The number of hydrogen-bond acceptors (Lipinski definition) is 5. The van der Waals surface area contributed by atoms with Crippen molar-refractivity contribution in [3.63, 3.8) is 0 Å². The summed E-state index contributed by atoms with van der Waals surface area (Å²) in [6, 6.07) is 7.90. The highest BCUT2D eigenvalue weighted by molar-refractivity contribution is 7.88. The summed E-state index contributed by atoms with van der Waals surface area (Å²) in [4.78, 5) is 4.45. The first-order chi connectivity index (χ1) is 10.4. The van der Waals surface area contributed by atoms with Crippen LogP contribution in [-0.2, 0) is 10.0 Å². The van der Waals surface area contributed by atoms with Crippen LogP contribution in [0.5, 0.6) is 0 Å². The van der Waals surface area contributed by atoms with Gasteiger partial charge in [-0.1, -0.05) is 35.0 Å². The van der Waals surface area contributed by atoms with E-state index < -0.39 is 10.0 Å². The van der Waals surface area contributed by atoms with E-state index in [-0.39, 0.29) is 5.92 Å². The Labute approximate surface area is 130 Å². The van der Waals surface area contributed by atoms with Crippen LogP contribution in [0.1, 0.15) is 30.2 Å². The van der Waals surface area contributed by atoms with Crippen LogP contribution in [0.4, 0.5) is 0 Å². The van der Waals surface area contributed by atoms with Crippen molar-refractivity contribution in [1.82, 2.24) is 14.4 Å². The molecule has 0 aliphatic carbocycles. The lowest BCUT2D eigenvalue weighted by Crippen LogP contribution is -2.38. The van der Waals surface area contributed by atoms with Gasteiger partial charge in [-0.15, -0.1) is 0 Å². The highest BCUT2D eigenvalue weighted by Crippen LogP contribution is 2.28. The molecule has 0 bridgehead atoms. The largest absolute Gasteiger partial charge is 0.339 e. The molecule has 0 unspecified atom stereocenters. The van der Waals surface area contributed by atoms with E-state index in [1.165, 1.54) is 16.1 Å². The molecule has 6 nitrogen and oxygen atoms in total. The van der Waals surface area contributed by atoms with Crippen LogP contribution < -0.4 is 0 Å². The number of sulfonamides is 1. The van der Waals surface area contributed by atoms with Gasteiger partial charge in [0.2, 0.25) is 21.7 Å². The number of piperidine rings is 1. The van der Waals surface area contributed by atoms with Crippen LogP contribution in [0, 0.1) is 6.92 Å². The Balaban J connectivity index is 1.80. The molecule has 3 rings (SSSR count). The second-order valence-corrected chi connectivity index (χ2v) is 7.76. The van der Waals surface area contributed by atoms with Crippen molar-refractivity contribution in [3.05, 3.63) is 35.7 Å². The Morgan fingerprint density at radius 2 is 2.00 bits per heavy atom. The molecule has 7 heteroatoms. The summed E-state index contributed by atoms with van der Waals surface area (Å²) in [5, 5.41) is 4.02. The fraction of sp³-hybridized carbons (Fsp3) is 0.467. The molecular formula is C15H19N3O3S. The maximum atomic E-state index is 11.7. The number of nitrogens with zero attached hydrogens (tertiary/aromatic N) is 3. The molecule has 22 heavy (non-hydrogen) atoms. The van der Waals surface area contributed by atoms with Gasteiger partial charge in [0.1, 0.15) is 0 Å². The lowest BCUT2D eigenvalue weighted by atomic mass is 10.00. The van der Waals surface area contributed by atoms with Crippen LogP contribution in [0.3, 0.4) is 0 Å². The number of rotatable bonds is 3. The predicted molar refractivity (Wildman–Crippen MR) is 82.9 cm³/mol. The zero-order chi connectivity index (χ0) is 15.7. The number of benzene rings is 1. The van der Waals surface area contributed by atoms with Gasteiger partial charge in [0.15, 0.2) is 0 Å². The van der Waals surface area contributed by atoms with Crippen LogP contribution >= 0.6 is 0 Å². The molecule has 1 atom stereocenters. The molecule has 1 aromatic carbocycles. The molecule has 118 valence electrons. The van der Waals surface area contributed by atoms with Crippen LogP contribution in [-0.4, -0.2) is 42.2 Å². The number of aromatic nitrogens is 2. The molecule has 2 heterocycles. The van der Waals surface area contributed by atoms with Gasteiger partial charge in [-0.3, -0.25) is 0 Å². The van der Waals surface area contributed by atoms with Crippen molar-refractivity contribution in [2.24, 2.45) is 0 Å². The van der Waals surface area contributed by atoms with E-state index in [4.69, 9.17) is 4.52 Å². The minimum atomic E-state index is -3.17. The van der Waals surface area contributed by atoms with E-state index in [2.05, 4.69) is 10.1 Å². The fourth-order valence-corrected chi connectivity index (χ4v) is 3.58. The van der Waals surface area contributed by atoms with E-state index >= 15 is 0 Å². The normalized spacial score (nSPS) is 20.2. The highest BCUT2D eigenvalue weighted by atomic mass is 32.2. The Hall–Kier alpha value is -1.73. The van der Waals surface area contributed by atoms with Crippen LogP contribution in [0.15, 0.2) is 28.8 Å².